The van der Waals surface area contributed by atoms with Crippen molar-refractivity contribution in [1.82, 2.24) is 5.32 Å². The largest absolute Gasteiger partial charge is 0.312 e. The maximum absolute atomic E-state index is 6.31. The average molecular weight is 276 g/mol. The predicted octanol–water partition coefficient (Wildman–Crippen LogP) is 4.28. The van der Waals surface area contributed by atoms with Gasteiger partial charge in [-0.05, 0) is 44.2 Å². The second kappa shape index (κ2) is 4.41. The minimum Gasteiger partial charge on any atom is -0.312 e. The average Bonchev–Trinajstić information content (AvgIpc) is 2.22. The minimum absolute atomic E-state index is 0.135. The van der Waals surface area contributed by atoms with Gasteiger partial charge in [0.25, 0.3) is 0 Å². The summed E-state index contributed by atoms with van der Waals surface area (Å²) in [5, 5.41) is 4.99. The summed E-state index contributed by atoms with van der Waals surface area (Å²) >= 11 is 14.4. The molecule has 1 N–H and O–H groups in total. The Balaban J connectivity index is 2.61. The van der Waals surface area contributed by atoms with Crippen LogP contribution in [0.1, 0.15) is 31.0 Å². The maximum atomic E-state index is 6.31. The van der Waals surface area contributed by atoms with Gasteiger partial charge in [-0.25, -0.2) is 0 Å². The van der Waals surface area contributed by atoms with Gasteiger partial charge in [-0.1, -0.05) is 23.2 Å². The Kier molecular flexibility index (Phi) is 3.47. The molecule has 0 bridgehead atoms. The van der Waals surface area contributed by atoms with E-state index in [1.807, 2.05) is 30.9 Å². The van der Waals surface area contributed by atoms with E-state index in [-0.39, 0.29) is 10.8 Å². The molecular weight excluding hydrogens is 261 g/mol. The number of fused-ring (bicyclic) bond motifs is 1. The summed E-state index contributed by atoms with van der Waals surface area (Å²) in [5.74, 6) is 0.930. The van der Waals surface area contributed by atoms with Crippen LogP contribution in [0.15, 0.2) is 12.1 Å². The van der Waals surface area contributed by atoms with Crippen LogP contribution in [0.3, 0.4) is 0 Å². The monoisotopic (exact) mass is 275 g/mol. The van der Waals surface area contributed by atoms with Gasteiger partial charge in [0.1, 0.15) is 0 Å². The van der Waals surface area contributed by atoms with Crippen molar-refractivity contribution >= 4 is 35.0 Å². The topological polar surface area (TPSA) is 12.0 Å². The molecule has 0 amide bonds. The van der Waals surface area contributed by atoms with Gasteiger partial charge >= 0.3 is 0 Å². The van der Waals surface area contributed by atoms with Gasteiger partial charge in [-0.15, -0.1) is 11.8 Å². The van der Waals surface area contributed by atoms with Crippen molar-refractivity contribution in [3.05, 3.63) is 33.3 Å². The first-order valence-electron chi connectivity index (χ1n) is 5.25. The summed E-state index contributed by atoms with van der Waals surface area (Å²) in [5.41, 5.74) is 2.35. The molecule has 0 spiro atoms. The summed E-state index contributed by atoms with van der Waals surface area (Å²) in [7, 11) is 1.97. The molecule has 1 heterocycles. The number of rotatable bonds is 1. The number of nitrogens with one attached hydrogen (secondary N) is 1. The number of benzene rings is 1. The van der Waals surface area contributed by atoms with Crippen LogP contribution in [0.2, 0.25) is 10.0 Å². The first-order chi connectivity index (χ1) is 7.47. The third-order valence-corrected chi connectivity index (χ3v) is 5.20. The van der Waals surface area contributed by atoms with Gasteiger partial charge in [-0.2, -0.15) is 0 Å². The second-order valence-corrected chi connectivity index (χ2v) is 6.98. The smallest absolute Gasteiger partial charge is 0.0479 e. The zero-order valence-electron chi connectivity index (χ0n) is 9.60. The minimum atomic E-state index is 0.135. The van der Waals surface area contributed by atoms with Crippen molar-refractivity contribution < 1.29 is 0 Å². The molecule has 2 rings (SSSR count). The van der Waals surface area contributed by atoms with E-state index in [0.29, 0.717) is 0 Å². The quantitative estimate of drug-likeness (QED) is 0.821. The van der Waals surface area contributed by atoms with Crippen LogP contribution in [0.4, 0.5) is 0 Å². The van der Waals surface area contributed by atoms with Crippen LogP contribution in [0, 0.1) is 0 Å². The Morgan fingerprint density at radius 1 is 1.31 bits per heavy atom. The molecule has 0 radical (unpaired) electrons. The molecule has 1 aromatic carbocycles. The first-order valence-corrected chi connectivity index (χ1v) is 6.99. The molecule has 1 aliphatic heterocycles. The van der Waals surface area contributed by atoms with Gasteiger partial charge in [0.05, 0.1) is 0 Å². The van der Waals surface area contributed by atoms with E-state index in [0.717, 1.165) is 15.8 Å². The molecular formula is C12H15Cl2NS. The van der Waals surface area contributed by atoms with Crippen LogP contribution in [0.5, 0.6) is 0 Å². The van der Waals surface area contributed by atoms with Crippen molar-refractivity contribution in [2.45, 2.75) is 30.4 Å². The van der Waals surface area contributed by atoms with Crippen molar-refractivity contribution in [1.29, 1.82) is 0 Å². The SMILES string of the molecule is CNC1c2c(Cl)ccc(Cl)c2CSC1(C)C. The van der Waals surface area contributed by atoms with E-state index in [2.05, 4.69) is 19.2 Å². The second-order valence-electron chi connectivity index (χ2n) is 4.54. The van der Waals surface area contributed by atoms with E-state index in [9.17, 15) is 0 Å². The van der Waals surface area contributed by atoms with Gasteiger partial charge in [0, 0.05) is 26.6 Å². The Morgan fingerprint density at radius 2 is 1.94 bits per heavy atom. The zero-order chi connectivity index (χ0) is 11.9. The molecule has 16 heavy (non-hydrogen) atoms. The molecule has 1 aliphatic rings. The van der Waals surface area contributed by atoms with Crippen LogP contribution < -0.4 is 5.32 Å². The standard InChI is InChI=1S/C12H15Cl2NS/c1-12(2)11(15-3)10-7(6-16-12)8(13)4-5-9(10)14/h4-5,11,15H,6H2,1-3H3. The Hall–Kier alpha value is 0.110. The van der Waals surface area contributed by atoms with E-state index in [1.54, 1.807) is 0 Å². The highest BCUT2D eigenvalue weighted by molar-refractivity contribution is 8.00. The van der Waals surface area contributed by atoms with Gasteiger partial charge in [-0.3, -0.25) is 0 Å². The van der Waals surface area contributed by atoms with Gasteiger partial charge in [0.15, 0.2) is 0 Å². The lowest BCUT2D eigenvalue weighted by molar-refractivity contribution is 0.474. The summed E-state index contributed by atoms with van der Waals surface area (Å²) in [4.78, 5) is 0. The highest BCUT2D eigenvalue weighted by Crippen LogP contribution is 2.49. The van der Waals surface area contributed by atoms with Crippen molar-refractivity contribution in [3.63, 3.8) is 0 Å². The normalized spacial score (nSPS) is 22.9. The number of hydrogen-bond donors (Lipinski definition) is 1. The molecule has 0 aliphatic carbocycles. The lowest BCUT2D eigenvalue weighted by Gasteiger charge is -2.40. The van der Waals surface area contributed by atoms with Crippen molar-refractivity contribution in [2.75, 3.05) is 7.05 Å². The Bertz CT molecular complexity index is 418. The third kappa shape index (κ3) is 1.97. The lowest BCUT2D eigenvalue weighted by Crippen LogP contribution is -2.38. The van der Waals surface area contributed by atoms with E-state index in [1.165, 1.54) is 11.1 Å². The summed E-state index contributed by atoms with van der Waals surface area (Å²) < 4.78 is 0.135. The first kappa shape index (κ1) is 12.6. The van der Waals surface area contributed by atoms with Crippen LogP contribution in [0.25, 0.3) is 0 Å². The lowest BCUT2D eigenvalue weighted by atomic mass is 9.91. The van der Waals surface area contributed by atoms with E-state index in [4.69, 9.17) is 23.2 Å². The van der Waals surface area contributed by atoms with E-state index < -0.39 is 0 Å². The van der Waals surface area contributed by atoms with Crippen molar-refractivity contribution in [2.24, 2.45) is 0 Å². The zero-order valence-corrected chi connectivity index (χ0v) is 11.9. The highest BCUT2D eigenvalue weighted by atomic mass is 35.5. The maximum Gasteiger partial charge on any atom is 0.0479 e. The molecule has 1 unspecified atom stereocenters. The van der Waals surface area contributed by atoms with Crippen molar-refractivity contribution in [3.8, 4) is 0 Å². The van der Waals surface area contributed by atoms with Crippen LogP contribution in [-0.2, 0) is 5.75 Å². The van der Waals surface area contributed by atoms with E-state index >= 15 is 0 Å². The third-order valence-electron chi connectivity index (χ3n) is 3.11. The number of thioether (sulfide) groups is 1. The molecule has 0 saturated carbocycles. The molecule has 1 nitrogen and oxygen atoms in total. The molecule has 0 aromatic heterocycles. The highest BCUT2D eigenvalue weighted by Gasteiger charge is 2.37. The fourth-order valence-corrected chi connectivity index (χ4v) is 4.08. The molecule has 1 atom stereocenters. The summed E-state index contributed by atoms with van der Waals surface area (Å²) in [6, 6.07) is 4.01. The fourth-order valence-electron chi connectivity index (χ4n) is 2.25. The predicted molar refractivity (Wildman–Crippen MR) is 73.6 cm³/mol. The Labute approximate surface area is 111 Å². The van der Waals surface area contributed by atoms with Gasteiger partial charge in [0.2, 0.25) is 0 Å². The summed E-state index contributed by atoms with van der Waals surface area (Å²) in [6.07, 6.45) is 0. The molecule has 0 fully saturated rings. The molecule has 4 heteroatoms. The molecule has 0 saturated heterocycles. The fraction of sp³-hybridized carbons (Fsp3) is 0.500. The Morgan fingerprint density at radius 3 is 2.56 bits per heavy atom. The number of hydrogen-bond acceptors (Lipinski definition) is 2. The molecule has 88 valence electrons. The van der Waals surface area contributed by atoms with Crippen LogP contribution >= 0.6 is 35.0 Å². The van der Waals surface area contributed by atoms with Gasteiger partial charge < -0.3 is 5.32 Å². The number of halogens is 2. The molecule has 1 aromatic rings. The summed E-state index contributed by atoms with van der Waals surface area (Å²) in [6.45, 7) is 4.47. The van der Waals surface area contributed by atoms with Crippen LogP contribution in [-0.4, -0.2) is 11.8 Å².